The topological polar surface area (TPSA) is 90.0 Å². The van der Waals surface area contributed by atoms with Gasteiger partial charge in [0.25, 0.3) is 0 Å². The van der Waals surface area contributed by atoms with Gasteiger partial charge in [0.2, 0.25) is 11.8 Å². The van der Waals surface area contributed by atoms with Crippen LogP contribution in [-0.4, -0.2) is 62.2 Å². The number of amides is 2. The predicted octanol–water partition coefficient (Wildman–Crippen LogP) is 4.16. The van der Waals surface area contributed by atoms with E-state index in [2.05, 4.69) is 5.32 Å². The molecule has 0 saturated carbocycles. The Labute approximate surface area is 224 Å². The molecule has 0 radical (unpaired) electrons. The van der Waals surface area contributed by atoms with E-state index >= 15 is 0 Å². The van der Waals surface area contributed by atoms with Crippen LogP contribution in [0.5, 0.6) is 0 Å². The fourth-order valence-electron chi connectivity index (χ4n) is 3.51. The largest absolute Gasteiger partial charge is 0.352 e. The second-order valence-corrected chi connectivity index (χ2v) is 12.1. The van der Waals surface area contributed by atoms with Crippen molar-refractivity contribution >= 4 is 50.9 Å². The Hall–Kier alpha value is -2.33. The van der Waals surface area contributed by atoms with E-state index in [0.29, 0.717) is 26.9 Å². The van der Waals surface area contributed by atoms with Crippen LogP contribution in [0.3, 0.4) is 0 Å². The van der Waals surface area contributed by atoms with Crippen molar-refractivity contribution < 1.29 is 18.0 Å². The number of hydrogen-bond acceptors (Lipinski definition) is 4. The maximum atomic E-state index is 13.7. The van der Waals surface area contributed by atoms with Gasteiger partial charge in [0.15, 0.2) is 0 Å². The highest BCUT2D eigenvalue weighted by Gasteiger charge is 2.33. The molecule has 36 heavy (non-hydrogen) atoms. The molecule has 11 heteroatoms. The van der Waals surface area contributed by atoms with Gasteiger partial charge < -0.3 is 10.2 Å². The molecule has 0 bridgehead atoms. The van der Waals surface area contributed by atoms with Gasteiger partial charge in [-0.15, -0.1) is 0 Å². The molecule has 198 valence electrons. The summed E-state index contributed by atoms with van der Waals surface area (Å²) >= 11 is 12.2. The first-order valence-electron chi connectivity index (χ1n) is 11.5. The summed E-state index contributed by atoms with van der Waals surface area (Å²) < 4.78 is 28.8. The number of anilines is 1. The van der Waals surface area contributed by atoms with E-state index in [4.69, 9.17) is 23.2 Å². The quantitative estimate of drug-likeness (QED) is 0.475. The van der Waals surface area contributed by atoms with Gasteiger partial charge in [0, 0.05) is 26.7 Å². The van der Waals surface area contributed by atoms with Gasteiger partial charge in [-0.1, -0.05) is 41.4 Å². The molecule has 1 atom stereocenters. The summed E-state index contributed by atoms with van der Waals surface area (Å²) in [6, 6.07) is 9.33. The molecule has 0 saturated heterocycles. The van der Waals surface area contributed by atoms with Gasteiger partial charge in [-0.25, -0.2) is 4.31 Å². The summed E-state index contributed by atoms with van der Waals surface area (Å²) in [6.07, 6.45) is 0. The van der Waals surface area contributed by atoms with Crippen molar-refractivity contribution in [3.8, 4) is 0 Å². The van der Waals surface area contributed by atoms with E-state index in [-0.39, 0.29) is 18.5 Å². The molecule has 2 rings (SSSR count). The summed E-state index contributed by atoms with van der Waals surface area (Å²) in [7, 11) is -1.22. The minimum Gasteiger partial charge on any atom is -0.352 e. The number of carbonyl (C=O) groups excluding carboxylic acids is 2. The fourth-order valence-corrected chi connectivity index (χ4v) is 4.95. The molecule has 2 aromatic carbocycles. The van der Waals surface area contributed by atoms with E-state index in [1.165, 1.54) is 19.0 Å². The molecular formula is C25H34Cl2N4O4S. The number of nitrogens with one attached hydrogen (secondary N) is 1. The first-order chi connectivity index (χ1) is 16.6. The predicted molar refractivity (Wildman–Crippen MR) is 146 cm³/mol. The van der Waals surface area contributed by atoms with Crippen molar-refractivity contribution in [1.29, 1.82) is 0 Å². The third-order valence-corrected chi connectivity index (χ3v) is 8.13. The lowest BCUT2D eigenvalue weighted by molar-refractivity contribution is -0.139. The van der Waals surface area contributed by atoms with Gasteiger partial charge in [-0.05, 0) is 69.5 Å². The monoisotopic (exact) mass is 556 g/mol. The third kappa shape index (κ3) is 7.35. The Bertz CT molecular complexity index is 1220. The Morgan fingerprint density at radius 1 is 0.972 bits per heavy atom. The van der Waals surface area contributed by atoms with Crippen LogP contribution < -0.4 is 9.62 Å². The van der Waals surface area contributed by atoms with Crippen molar-refractivity contribution in [3.05, 3.63) is 63.1 Å². The van der Waals surface area contributed by atoms with E-state index in [1.54, 1.807) is 44.2 Å². The number of halogens is 2. The molecular weight excluding hydrogens is 523 g/mol. The number of carbonyl (C=O) groups is 2. The van der Waals surface area contributed by atoms with Crippen LogP contribution in [0, 0.1) is 13.8 Å². The second-order valence-electron chi connectivity index (χ2n) is 9.20. The number of nitrogens with zero attached hydrogens (tertiary/aromatic N) is 3. The lowest BCUT2D eigenvalue weighted by atomic mass is 10.1. The van der Waals surface area contributed by atoms with Crippen LogP contribution >= 0.6 is 23.2 Å². The van der Waals surface area contributed by atoms with Crippen LogP contribution in [-0.2, 0) is 26.3 Å². The highest BCUT2D eigenvalue weighted by molar-refractivity contribution is 7.90. The van der Waals surface area contributed by atoms with Crippen LogP contribution in [0.15, 0.2) is 36.4 Å². The SMILES string of the molecule is Cc1ccc(C)c(N(CC(=O)N(Cc2ccc(Cl)c(Cl)c2)[C@@H](C)C(=O)NC(C)C)S(=O)(=O)N(C)C)c1. The highest BCUT2D eigenvalue weighted by atomic mass is 35.5. The zero-order chi connectivity index (χ0) is 27.4. The average molecular weight is 558 g/mol. The van der Waals surface area contributed by atoms with Crippen LogP contribution in [0.2, 0.25) is 10.0 Å². The van der Waals surface area contributed by atoms with Gasteiger partial charge in [-0.3, -0.25) is 9.59 Å². The standard InChI is InChI=1S/C25H34Cl2N4O4S/c1-16(2)28-25(33)19(5)30(14-20-10-11-21(26)22(27)13-20)24(32)15-31(36(34,35)29(6)7)23-12-17(3)8-9-18(23)4/h8-13,16,19H,14-15H2,1-7H3,(H,28,33)/t19-/m0/s1. The molecule has 0 aliphatic rings. The van der Waals surface area contributed by atoms with Crippen molar-refractivity contribution in [1.82, 2.24) is 14.5 Å². The van der Waals surface area contributed by atoms with E-state index in [9.17, 15) is 18.0 Å². The first kappa shape index (κ1) is 29.9. The van der Waals surface area contributed by atoms with Crippen LogP contribution in [0.1, 0.15) is 37.5 Å². The smallest absolute Gasteiger partial charge is 0.304 e. The van der Waals surface area contributed by atoms with Gasteiger partial charge in [0.1, 0.15) is 12.6 Å². The van der Waals surface area contributed by atoms with Crippen molar-refractivity contribution in [2.75, 3.05) is 24.9 Å². The molecule has 1 N–H and O–H groups in total. The molecule has 0 spiro atoms. The minimum atomic E-state index is -4.03. The zero-order valence-electron chi connectivity index (χ0n) is 21.7. The summed E-state index contributed by atoms with van der Waals surface area (Å²) in [5.41, 5.74) is 2.58. The number of hydrogen-bond donors (Lipinski definition) is 1. The van der Waals surface area contributed by atoms with Crippen LogP contribution in [0.25, 0.3) is 0 Å². The van der Waals surface area contributed by atoms with Gasteiger partial charge in [-0.2, -0.15) is 12.7 Å². The lowest BCUT2D eigenvalue weighted by Crippen LogP contribution is -2.53. The molecule has 2 aromatic rings. The average Bonchev–Trinajstić information content (AvgIpc) is 2.78. The Kier molecular flexibility index (Phi) is 10.2. The van der Waals surface area contributed by atoms with Gasteiger partial charge >= 0.3 is 10.2 Å². The summed E-state index contributed by atoms with van der Waals surface area (Å²) in [6.45, 7) is 8.42. The Morgan fingerprint density at radius 3 is 2.17 bits per heavy atom. The summed E-state index contributed by atoms with van der Waals surface area (Å²) in [5.74, 6) is -0.897. The van der Waals surface area contributed by atoms with Crippen LogP contribution in [0.4, 0.5) is 5.69 Å². The van der Waals surface area contributed by atoms with Crippen molar-refractivity contribution in [2.24, 2.45) is 0 Å². The molecule has 0 fully saturated rings. The molecule has 8 nitrogen and oxygen atoms in total. The molecule has 0 unspecified atom stereocenters. The zero-order valence-corrected chi connectivity index (χ0v) is 24.0. The summed E-state index contributed by atoms with van der Waals surface area (Å²) in [4.78, 5) is 28.0. The van der Waals surface area contributed by atoms with Crippen molar-refractivity contribution in [2.45, 2.75) is 53.2 Å². The molecule has 2 amide bonds. The maximum absolute atomic E-state index is 13.7. The fraction of sp³-hybridized carbons (Fsp3) is 0.440. The van der Waals surface area contributed by atoms with E-state index < -0.39 is 28.7 Å². The number of benzene rings is 2. The van der Waals surface area contributed by atoms with Crippen molar-refractivity contribution in [3.63, 3.8) is 0 Å². The Morgan fingerprint density at radius 2 is 1.61 bits per heavy atom. The molecule has 0 aliphatic carbocycles. The number of aryl methyl sites for hydroxylation is 2. The number of rotatable bonds is 10. The minimum absolute atomic E-state index is 0.0328. The molecule has 0 heterocycles. The van der Waals surface area contributed by atoms with E-state index in [1.807, 2.05) is 26.8 Å². The maximum Gasteiger partial charge on any atom is 0.304 e. The van der Waals surface area contributed by atoms with Gasteiger partial charge in [0.05, 0.1) is 15.7 Å². The third-order valence-electron chi connectivity index (χ3n) is 5.59. The summed E-state index contributed by atoms with van der Waals surface area (Å²) in [5, 5.41) is 3.49. The normalized spacial score (nSPS) is 12.5. The lowest BCUT2D eigenvalue weighted by Gasteiger charge is -2.33. The highest BCUT2D eigenvalue weighted by Crippen LogP contribution is 2.27. The molecule has 0 aliphatic heterocycles. The van der Waals surface area contributed by atoms with E-state index in [0.717, 1.165) is 14.2 Å². The Balaban J connectivity index is 2.53. The first-order valence-corrected chi connectivity index (χ1v) is 13.6. The second kappa shape index (κ2) is 12.3. The molecule has 0 aromatic heterocycles.